The minimum atomic E-state index is -0.518. The smallest absolute Gasteiger partial charge is 0.363 e. The third-order valence-corrected chi connectivity index (χ3v) is 4.46. The Labute approximate surface area is 164 Å². The van der Waals surface area contributed by atoms with Gasteiger partial charge in [0.05, 0.1) is 21.3 Å². The number of nitrogens with zero attached hydrogens (tertiary/aromatic N) is 1. The number of hydrogen-bond acceptors (Lipinski definition) is 6. The molecule has 2 aromatic rings. The molecule has 0 fully saturated rings. The topological polar surface area (TPSA) is 66.4 Å². The molecule has 1 heterocycles. The van der Waals surface area contributed by atoms with Crippen molar-refractivity contribution in [3.63, 3.8) is 0 Å². The second-order valence-corrected chi connectivity index (χ2v) is 6.51. The van der Waals surface area contributed by atoms with Crippen LogP contribution in [0.2, 0.25) is 0 Å². The summed E-state index contributed by atoms with van der Waals surface area (Å²) in [5.41, 5.74) is 1.55. The van der Waals surface area contributed by atoms with Crippen molar-refractivity contribution in [1.29, 1.82) is 0 Å². The summed E-state index contributed by atoms with van der Waals surface area (Å²) < 4.78 is 22.4. The van der Waals surface area contributed by atoms with Gasteiger partial charge >= 0.3 is 5.97 Å². The fourth-order valence-electron chi connectivity index (χ4n) is 2.51. The van der Waals surface area contributed by atoms with Gasteiger partial charge in [0.1, 0.15) is 0 Å². The van der Waals surface area contributed by atoms with Crippen LogP contribution in [0.5, 0.6) is 17.2 Å². The zero-order valence-corrected chi connectivity index (χ0v) is 16.6. The van der Waals surface area contributed by atoms with Gasteiger partial charge in [-0.25, -0.2) is 9.79 Å². The van der Waals surface area contributed by atoms with E-state index in [1.807, 2.05) is 24.3 Å². The fraction of sp³-hybridized carbons (Fsp3) is 0.158. The van der Waals surface area contributed by atoms with E-state index in [-0.39, 0.29) is 11.6 Å². The maximum Gasteiger partial charge on any atom is 0.363 e. The molecular formula is C19H16INO5. The molecule has 1 aliphatic rings. The van der Waals surface area contributed by atoms with E-state index in [0.717, 1.165) is 9.13 Å². The predicted octanol–water partition coefficient (Wildman–Crippen LogP) is 3.66. The first-order chi connectivity index (χ1) is 12.6. The van der Waals surface area contributed by atoms with Crippen LogP contribution in [-0.4, -0.2) is 33.2 Å². The van der Waals surface area contributed by atoms with Gasteiger partial charge < -0.3 is 18.9 Å². The van der Waals surface area contributed by atoms with Crippen molar-refractivity contribution in [3.05, 3.63) is 56.8 Å². The van der Waals surface area contributed by atoms with Gasteiger partial charge in [-0.3, -0.25) is 0 Å². The number of ether oxygens (including phenoxy) is 4. The van der Waals surface area contributed by atoms with Gasteiger partial charge in [-0.1, -0.05) is 0 Å². The number of hydrogen-bond donors (Lipinski definition) is 0. The van der Waals surface area contributed by atoms with Gasteiger partial charge in [0.25, 0.3) is 0 Å². The van der Waals surface area contributed by atoms with Crippen molar-refractivity contribution in [3.8, 4) is 17.2 Å². The van der Waals surface area contributed by atoms with E-state index in [1.165, 1.54) is 14.2 Å². The monoisotopic (exact) mass is 465 g/mol. The predicted molar refractivity (Wildman–Crippen MR) is 106 cm³/mol. The Kier molecular flexibility index (Phi) is 5.46. The molecule has 0 unspecified atom stereocenters. The minimum absolute atomic E-state index is 0.184. The first-order valence-electron chi connectivity index (χ1n) is 7.65. The molecule has 0 N–H and O–H groups in total. The van der Waals surface area contributed by atoms with Gasteiger partial charge in [0.15, 0.2) is 17.2 Å². The number of esters is 1. The van der Waals surface area contributed by atoms with E-state index in [9.17, 15) is 4.79 Å². The Morgan fingerprint density at radius 2 is 1.65 bits per heavy atom. The fourth-order valence-corrected chi connectivity index (χ4v) is 2.87. The Morgan fingerprint density at radius 1 is 0.962 bits per heavy atom. The molecule has 0 spiro atoms. The van der Waals surface area contributed by atoms with E-state index in [0.29, 0.717) is 22.8 Å². The zero-order chi connectivity index (χ0) is 18.7. The van der Waals surface area contributed by atoms with Crippen LogP contribution >= 0.6 is 22.6 Å². The molecule has 7 heteroatoms. The molecule has 0 aliphatic carbocycles. The van der Waals surface area contributed by atoms with Crippen molar-refractivity contribution in [2.45, 2.75) is 0 Å². The quantitative estimate of drug-likeness (QED) is 0.383. The molecule has 2 aromatic carbocycles. The van der Waals surface area contributed by atoms with Crippen LogP contribution in [0.25, 0.3) is 6.08 Å². The Hall–Kier alpha value is -2.55. The molecule has 1 aliphatic heterocycles. The molecule has 6 nitrogen and oxygen atoms in total. The summed E-state index contributed by atoms with van der Waals surface area (Å²) in [4.78, 5) is 16.5. The maximum absolute atomic E-state index is 12.2. The number of cyclic esters (lactones) is 1. The highest BCUT2D eigenvalue weighted by molar-refractivity contribution is 14.1. The molecule has 0 atom stereocenters. The lowest BCUT2D eigenvalue weighted by atomic mass is 10.1. The number of carbonyl (C=O) groups excluding carboxylic acids is 1. The summed E-state index contributed by atoms with van der Waals surface area (Å²) in [5.74, 6) is 1.18. The number of aliphatic imine (C=N–C) groups is 1. The molecule has 0 radical (unpaired) electrons. The lowest BCUT2D eigenvalue weighted by molar-refractivity contribution is -0.129. The molecule has 0 saturated heterocycles. The second kappa shape index (κ2) is 7.77. The molecule has 134 valence electrons. The van der Waals surface area contributed by atoms with Crippen LogP contribution in [0.1, 0.15) is 11.1 Å². The number of rotatable bonds is 5. The van der Waals surface area contributed by atoms with Gasteiger partial charge in [-0.05, 0) is 65.1 Å². The molecular weight excluding hydrogens is 449 g/mol. The summed E-state index contributed by atoms with van der Waals surface area (Å²) >= 11 is 2.21. The SMILES string of the molecule is COc1ccc(/C=C2\N=C(c3ccc(I)cc3)OC2=O)c(OC)c1OC. The van der Waals surface area contributed by atoms with Gasteiger partial charge in [0, 0.05) is 14.7 Å². The highest BCUT2D eigenvalue weighted by Crippen LogP contribution is 2.40. The average molecular weight is 465 g/mol. The van der Waals surface area contributed by atoms with Crippen LogP contribution in [0.3, 0.4) is 0 Å². The van der Waals surface area contributed by atoms with Crippen LogP contribution in [0, 0.1) is 3.57 Å². The number of methoxy groups -OCH3 is 3. The van der Waals surface area contributed by atoms with Crippen LogP contribution in [0.15, 0.2) is 47.1 Å². The third kappa shape index (κ3) is 3.52. The Bertz CT molecular complexity index is 903. The minimum Gasteiger partial charge on any atom is -0.493 e. The highest BCUT2D eigenvalue weighted by atomic mass is 127. The van der Waals surface area contributed by atoms with Gasteiger partial charge in [-0.2, -0.15) is 0 Å². The second-order valence-electron chi connectivity index (χ2n) is 5.27. The van der Waals surface area contributed by atoms with E-state index < -0.39 is 5.97 Å². The summed E-state index contributed by atoms with van der Waals surface area (Å²) in [5, 5.41) is 0. The van der Waals surface area contributed by atoms with Crippen molar-refractivity contribution >= 4 is 40.5 Å². The summed E-state index contributed by atoms with van der Waals surface area (Å²) in [6.45, 7) is 0. The number of benzene rings is 2. The lowest BCUT2D eigenvalue weighted by Crippen LogP contribution is -2.05. The van der Waals surface area contributed by atoms with Crippen molar-refractivity contribution in [2.75, 3.05) is 21.3 Å². The summed E-state index contributed by atoms with van der Waals surface area (Å²) in [7, 11) is 4.59. The van der Waals surface area contributed by atoms with Crippen LogP contribution < -0.4 is 14.2 Å². The van der Waals surface area contributed by atoms with Gasteiger partial charge in [0.2, 0.25) is 11.6 Å². The number of halogens is 1. The first kappa shape index (κ1) is 18.2. The molecule has 0 saturated carbocycles. The molecule has 0 bridgehead atoms. The maximum atomic E-state index is 12.2. The summed E-state index contributed by atoms with van der Waals surface area (Å²) in [6, 6.07) is 11.1. The highest BCUT2D eigenvalue weighted by Gasteiger charge is 2.25. The third-order valence-electron chi connectivity index (χ3n) is 3.74. The molecule has 0 amide bonds. The first-order valence-corrected chi connectivity index (χ1v) is 8.72. The standard InChI is InChI=1S/C19H16INO5/c1-23-15-9-6-12(16(24-2)17(15)25-3)10-14-19(22)26-18(21-14)11-4-7-13(20)8-5-11/h4-10H,1-3H3/b14-10-. The average Bonchev–Trinajstić information content (AvgIpc) is 3.02. The van der Waals surface area contributed by atoms with Crippen molar-refractivity contribution in [2.24, 2.45) is 4.99 Å². The van der Waals surface area contributed by atoms with E-state index in [2.05, 4.69) is 27.6 Å². The van der Waals surface area contributed by atoms with Crippen LogP contribution in [0.4, 0.5) is 0 Å². The zero-order valence-electron chi connectivity index (χ0n) is 14.4. The normalized spacial score (nSPS) is 14.8. The lowest BCUT2D eigenvalue weighted by Gasteiger charge is -2.14. The summed E-state index contributed by atoms with van der Waals surface area (Å²) in [6.07, 6.45) is 1.60. The van der Waals surface area contributed by atoms with Gasteiger partial charge in [-0.15, -0.1) is 0 Å². The molecule has 3 rings (SSSR count). The van der Waals surface area contributed by atoms with E-state index >= 15 is 0 Å². The Balaban J connectivity index is 2.02. The van der Waals surface area contributed by atoms with Crippen molar-refractivity contribution in [1.82, 2.24) is 0 Å². The van der Waals surface area contributed by atoms with E-state index in [1.54, 1.807) is 25.3 Å². The van der Waals surface area contributed by atoms with Crippen molar-refractivity contribution < 1.29 is 23.7 Å². The molecule has 0 aromatic heterocycles. The van der Waals surface area contributed by atoms with Crippen LogP contribution in [-0.2, 0) is 9.53 Å². The Morgan fingerprint density at radius 3 is 2.27 bits per heavy atom. The van der Waals surface area contributed by atoms with E-state index in [4.69, 9.17) is 18.9 Å². The molecule has 26 heavy (non-hydrogen) atoms. The number of carbonyl (C=O) groups is 1. The largest absolute Gasteiger partial charge is 0.493 e.